The fourth-order valence-corrected chi connectivity index (χ4v) is 2.83. The highest BCUT2D eigenvalue weighted by molar-refractivity contribution is 9.10. The molecule has 2 rings (SSSR count). The van der Waals surface area contributed by atoms with Crippen molar-refractivity contribution in [1.29, 1.82) is 0 Å². The number of thiocarbonyl (C=S) groups is 1. The van der Waals surface area contributed by atoms with Crippen LogP contribution >= 0.6 is 39.7 Å². The van der Waals surface area contributed by atoms with Crippen LogP contribution in [0.2, 0.25) is 5.02 Å². The first-order valence-corrected chi connectivity index (χ1v) is 8.77. The standard InChI is InChI=1S/C17H16BrClN2O2S/c1-10(2)23-13-5-3-4-11(8-13)16(22)21-17(24)20-15-7-6-12(18)9-14(15)19/h3-10H,1-2H3,(H2,20,21,22,24). The number of carbonyl (C=O) groups excluding carboxylic acids is 1. The average Bonchev–Trinajstić information content (AvgIpc) is 2.49. The zero-order valence-corrected chi connectivity index (χ0v) is 16.3. The van der Waals surface area contributed by atoms with Crippen LogP contribution in [0.5, 0.6) is 5.75 Å². The number of rotatable bonds is 4. The molecule has 0 radical (unpaired) electrons. The Bertz CT molecular complexity index is 768. The van der Waals surface area contributed by atoms with Crippen LogP contribution in [0.3, 0.4) is 0 Å². The van der Waals surface area contributed by atoms with Gasteiger partial charge in [-0.25, -0.2) is 0 Å². The smallest absolute Gasteiger partial charge is 0.257 e. The van der Waals surface area contributed by atoms with Crippen LogP contribution < -0.4 is 15.4 Å². The molecule has 0 unspecified atom stereocenters. The molecule has 24 heavy (non-hydrogen) atoms. The molecule has 0 aliphatic rings. The maximum absolute atomic E-state index is 12.3. The lowest BCUT2D eigenvalue weighted by Crippen LogP contribution is -2.34. The maximum atomic E-state index is 12.3. The summed E-state index contributed by atoms with van der Waals surface area (Å²) in [7, 11) is 0. The van der Waals surface area contributed by atoms with Gasteiger partial charge in [-0.2, -0.15) is 0 Å². The van der Waals surface area contributed by atoms with Crippen molar-refractivity contribution in [3.05, 3.63) is 57.5 Å². The normalized spacial score (nSPS) is 10.4. The number of benzene rings is 2. The zero-order chi connectivity index (χ0) is 17.7. The van der Waals surface area contributed by atoms with Crippen LogP contribution in [0.4, 0.5) is 5.69 Å². The molecule has 0 atom stereocenters. The Labute approximate surface area is 159 Å². The molecule has 7 heteroatoms. The van der Waals surface area contributed by atoms with Gasteiger partial charge in [-0.15, -0.1) is 0 Å². The monoisotopic (exact) mass is 426 g/mol. The zero-order valence-electron chi connectivity index (χ0n) is 13.1. The van der Waals surface area contributed by atoms with Crippen molar-refractivity contribution in [2.45, 2.75) is 20.0 Å². The lowest BCUT2D eigenvalue weighted by Gasteiger charge is -2.13. The van der Waals surface area contributed by atoms with E-state index in [0.717, 1.165) is 4.47 Å². The van der Waals surface area contributed by atoms with Crippen LogP contribution in [-0.4, -0.2) is 17.1 Å². The van der Waals surface area contributed by atoms with Gasteiger partial charge in [0, 0.05) is 10.0 Å². The fraction of sp³-hybridized carbons (Fsp3) is 0.176. The molecule has 0 heterocycles. The predicted molar refractivity (Wildman–Crippen MR) is 105 cm³/mol. The molecule has 2 aromatic rings. The molecule has 4 nitrogen and oxygen atoms in total. The summed E-state index contributed by atoms with van der Waals surface area (Å²) in [5.74, 6) is 0.308. The number of carbonyl (C=O) groups is 1. The SMILES string of the molecule is CC(C)Oc1cccc(C(=O)NC(=S)Nc2ccc(Br)cc2Cl)c1. The van der Waals surface area contributed by atoms with E-state index in [2.05, 4.69) is 26.6 Å². The van der Waals surface area contributed by atoms with Crippen molar-refractivity contribution in [2.75, 3.05) is 5.32 Å². The highest BCUT2D eigenvalue weighted by Gasteiger charge is 2.11. The molecular formula is C17H16BrClN2O2S. The van der Waals surface area contributed by atoms with E-state index in [-0.39, 0.29) is 17.1 Å². The van der Waals surface area contributed by atoms with Crippen molar-refractivity contribution >= 4 is 56.5 Å². The summed E-state index contributed by atoms with van der Waals surface area (Å²) >= 11 is 14.6. The lowest BCUT2D eigenvalue weighted by molar-refractivity contribution is 0.0977. The number of amides is 1. The Balaban J connectivity index is 2.02. The first kappa shape index (κ1) is 18.7. The van der Waals surface area contributed by atoms with E-state index in [1.54, 1.807) is 36.4 Å². The van der Waals surface area contributed by atoms with Crippen molar-refractivity contribution in [3.63, 3.8) is 0 Å². The minimum Gasteiger partial charge on any atom is -0.491 e. The van der Waals surface area contributed by atoms with Crippen molar-refractivity contribution in [3.8, 4) is 5.75 Å². The summed E-state index contributed by atoms with van der Waals surface area (Å²) < 4.78 is 6.44. The quantitative estimate of drug-likeness (QED) is 0.673. The van der Waals surface area contributed by atoms with Crippen LogP contribution in [-0.2, 0) is 0 Å². The molecule has 2 aromatic carbocycles. The van der Waals surface area contributed by atoms with Gasteiger partial charge in [0.1, 0.15) is 5.75 Å². The molecule has 2 N–H and O–H groups in total. The predicted octanol–water partition coefficient (Wildman–Crippen LogP) is 5.02. The molecule has 0 aromatic heterocycles. The molecule has 0 saturated carbocycles. The molecule has 126 valence electrons. The van der Waals surface area contributed by atoms with E-state index in [4.69, 9.17) is 28.6 Å². The average molecular weight is 428 g/mol. The van der Waals surface area contributed by atoms with Crippen LogP contribution in [0.15, 0.2) is 46.9 Å². The van der Waals surface area contributed by atoms with Crippen LogP contribution in [0, 0.1) is 0 Å². The number of halogens is 2. The van der Waals surface area contributed by atoms with Gasteiger partial charge in [-0.05, 0) is 62.5 Å². The van der Waals surface area contributed by atoms with E-state index in [0.29, 0.717) is 22.0 Å². The third kappa shape index (κ3) is 5.47. The highest BCUT2D eigenvalue weighted by atomic mass is 79.9. The van der Waals surface area contributed by atoms with Gasteiger partial charge in [0.05, 0.1) is 16.8 Å². The number of hydrogen-bond acceptors (Lipinski definition) is 3. The molecular weight excluding hydrogens is 412 g/mol. The number of nitrogens with one attached hydrogen (secondary N) is 2. The molecule has 0 spiro atoms. The summed E-state index contributed by atoms with van der Waals surface area (Å²) in [4.78, 5) is 12.3. The number of ether oxygens (including phenoxy) is 1. The third-order valence-electron chi connectivity index (χ3n) is 2.87. The molecule has 0 bridgehead atoms. The minimum atomic E-state index is -0.324. The van der Waals surface area contributed by atoms with Gasteiger partial charge >= 0.3 is 0 Å². The topological polar surface area (TPSA) is 50.4 Å². The first-order chi connectivity index (χ1) is 11.3. The van der Waals surface area contributed by atoms with Crippen molar-refractivity contribution < 1.29 is 9.53 Å². The van der Waals surface area contributed by atoms with E-state index >= 15 is 0 Å². The minimum absolute atomic E-state index is 0.0330. The Morgan fingerprint density at radius 2 is 2.00 bits per heavy atom. The van der Waals surface area contributed by atoms with Gasteiger partial charge in [-0.1, -0.05) is 33.6 Å². The molecule has 0 fully saturated rings. The van der Waals surface area contributed by atoms with Gasteiger partial charge in [0.2, 0.25) is 0 Å². The molecule has 0 aliphatic carbocycles. The summed E-state index contributed by atoms with van der Waals surface area (Å²) in [5, 5.41) is 6.18. The summed E-state index contributed by atoms with van der Waals surface area (Å²) in [6.45, 7) is 3.85. The maximum Gasteiger partial charge on any atom is 0.257 e. The lowest BCUT2D eigenvalue weighted by atomic mass is 10.2. The summed E-state index contributed by atoms with van der Waals surface area (Å²) in [6, 6.07) is 12.3. The van der Waals surface area contributed by atoms with E-state index in [1.807, 2.05) is 19.9 Å². The largest absolute Gasteiger partial charge is 0.491 e. The second-order valence-corrected chi connectivity index (χ2v) is 6.96. The molecule has 0 aliphatic heterocycles. The molecule has 1 amide bonds. The van der Waals surface area contributed by atoms with Crippen LogP contribution in [0.1, 0.15) is 24.2 Å². The highest BCUT2D eigenvalue weighted by Crippen LogP contribution is 2.25. The Hall–Kier alpha value is -1.63. The van der Waals surface area contributed by atoms with Crippen LogP contribution in [0.25, 0.3) is 0 Å². The van der Waals surface area contributed by atoms with E-state index < -0.39 is 0 Å². The second kappa shape index (κ2) is 8.46. The van der Waals surface area contributed by atoms with Gasteiger partial charge in [-0.3, -0.25) is 10.1 Å². The van der Waals surface area contributed by atoms with Gasteiger partial charge in [0.25, 0.3) is 5.91 Å². The summed E-state index contributed by atoms with van der Waals surface area (Å²) in [5.41, 5.74) is 1.07. The number of hydrogen-bond donors (Lipinski definition) is 2. The van der Waals surface area contributed by atoms with E-state index in [1.165, 1.54) is 0 Å². The van der Waals surface area contributed by atoms with E-state index in [9.17, 15) is 4.79 Å². The van der Waals surface area contributed by atoms with Crippen molar-refractivity contribution in [2.24, 2.45) is 0 Å². The van der Waals surface area contributed by atoms with Gasteiger partial charge < -0.3 is 10.1 Å². The molecule has 0 saturated heterocycles. The number of anilines is 1. The van der Waals surface area contributed by atoms with Gasteiger partial charge in [0.15, 0.2) is 5.11 Å². The van der Waals surface area contributed by atoms with Crippen molar-refractivity contribution in [1.82, 2.24) is 5.32 Å². The fourth-order valence-electron chi connectivity index (χ4n) is 1.90. The Kier molecular flexibility index (Phi) is 6.60. The third-order valence-corrected chi connectivity index (χ3v) is 3.88. The Morgan fingerprint density at radius 1 is 1.25 bits per heavy atom. The second-order valence-electron chi connectivity index (χ2n) is 5.23. The Morgan fingerprint density at radius 3 is 2.67 bits per heavy atom. The summed E-state index contributed by atoms with van der Waals surface area (Å²) in [6.07, 6.45) is 0.0330. The first-order valence-electron chi connectivity index (χ1n) is 7.19.